The Bertz CT molecular complexity index is 1590. The first-order valence-electron chi connectivity index (χ1n) is 31.5. The molecule has 6 heteroatoms. The summed E-state index contributed by atoms with van der Waals surface area (Å²) in [5.41, 5.74) is 0. The summed E-state index contributed by atoms with van der Waals surface area (Å²) in [6.07, 6.45) is 87.9. The fraction of sp³-hybridized carbons (Fsp3) is 0.671. The van der Waals surface area contributed by atoms with E-state index in [4.69, 9.17) is 14.2 Å². The van der Waals surface area contributed by atoms with E-state index in [0.29, 0.717) is 19.3 Å². The van der Waals surface area contributed by atoms with Crippen LogP contribution in [0.25, 0.3) is 0 Å². The number of allylic oxidation sites excluding steroid dienone is 20. The van der Waals surface area contributed by atoms with Crippen molar-refractivity contribution in [3.05, 3.63) is 122 Å². The normalized spacial score (nSPS) is 12.9. The molecule has 1 unspecified atom stereocenters. The van der Waals surface area contributed by atoms with Crippen molar-refractivity contribution in [3.8, 4) is 0 Å². The van der Waals surface area contributed by atoms with Crippen LogP contribution in [0, 0.1) is 0 Å². The summed E-state index contributed by atoms with van der Waals surface area (Å²) in [6, 6.07) is 0. The summed E-state index contributed by atoms with van der Waals surface area (Å²) < 4.78 is 16.8. The van der Waals surface area contributed by atoms with E-state index in [1.54, 1.807) is 0 Å². The monoisotopic (exact) mass is 1050 g/mol. The molecule has 0 aromatic carbocycles. The highest BCUT2D eigenvalue weighted by atomic mass is 16.6. The molecule has 0 rings (SSSR count). The van der Waals surface area contributed by atoms with Gasteiger partial charge in [-0.15, -0.1) is 0 Å². The predicted octanol–water partition coefficient (Wildman–Crippen LogP) is 21.6. The van der Waals surface area contributed by atoms with Gasteiger partial charge in [0.15, 0.2) is 6.10 Å². The summed E-state index contributed by atoms with van der Waals surface area (Å²) in [6.45, 7) is 6.33. The quantitative estimate of drug-likeness (QED) is 0.0261. The lowest BCUT2D eigenvalue weighted by Crippen LogP contribution is -2.30. The SMILES string of the molecule is CC/C=C\C/C=C\C/C=C\C/C=C\C/C=C\CCCCCCCCCCCCCCCCCC(=O)OCC(COC(=O)CCCCCCC/C=C\CCC)OC(=O)CCCCCC/C=C\C/C=C\C/C=C\C/C=C\CC. The molecule has 432 valence electrons. The molecule has 0 heterocycles. The van der Waals surface area contributed by atoms with E-state index in [2.05, 4.69) is 142 Å². The molecule has 0 aromatic heterocycles. The van der Waals surface area contributed by atoms with Crippen molar-refractivity contribution < 1.29 is 28.6 Å². The number of hydrogen-bond acceptors (Lipinski definition) is 6. The number of carbonyl (C=O) groups excluding carboxylic acids is 3. The van der Waals surface area contributed by atoms with E-state index in [1.807, 2.05) is 0 Å². The molecule has 0 radical (unpaired) electrons. The standard InChI is InChI=1S/C70H116O6/c1-4-7-10-13-16-19-22-24-26-28-29-30-31-32-33-34-35-36-37-38-39-40-41-43-44-46-48-51-54-57-60-63-69(72)75-66-67(65-74-68(71)62-59-56-53-50-21-18-15-12-9-6-3)76-70(73)64-61-58-55-52-49-47-45-42-27-25-23-20-17-14-11-8-5-2/h7-8,10-12,15-17,19-20,24-27,29-30,32-33,45,47,67H,4-6,9,13-14,18,21-23,28,31,34-44,46,48-66H2,1-3H3/b10-7-,11-8-,15-12-,19-16-,20-17-,26-24-,27-25-,30-29-,33-32-,47-45-. The Balaban J connectivity index is 4.19. The lowest BCUT2D eigenvalue weighted by atomic mass is 10.0. The van der Waals surface area contributed by atoms with Crippen LogP contribution in [-0.4, -0.2) is 37.2 Å². The number of rotatable bonds is 56. The molecule has 0 aliphatic rings. The molecule has 0 saturated heterocycles. The average molecular weight is 1050 g/mol. The maximum atomic E-state index is 12.9. The molecule has 0 amide bonds. The van der Waals surface area contributed by atoms with Crippen LogP contribution in [0.4, 0.5) is 0 Å². The average Bonchev–Trinajstić information content (AvgIpc) is 3.42. The fourth-order valence-electron chi connectivity index (χ4n) is 8.52. The van der Waals surface area contributed by atoms with Gasteiger partial charge in [-0.05, 0) is 122 Å². The van der Waals surface area contributed by atoms with E-state index in [1.165, 1.54) is 96.3 Å². The largest absolute Gasteiger partial charge is 0.462 e. The summed E-state index contributed by atoms with van der Waals surface area (Å²) >= 11 is 0. The Hall–Kier alpha value is -4.19. The fourth-order valence-corrected chi connectivity index (χ4v) is 8.52. The minimum absolute atomic E-state index is 0.0914. The van der Waals surface area contributed by atoms with Crippen LogP contribution >= 0.6 is 0 Å². The zero-order valence-corrected chi connectivity index (χ0v) is 49.5. The predicted molar refractivity (Wildman–Crippen MR) is 330 cm³/mol. The van der Waals surface area contributed by atoms with Gasteiger partial charge in [-0.1, -0.05) is 264 Å². The summed E-state index contributed by atoms with van der Waals surface area (Å²) in [5.74, 6) is -0.924. The van der Waals surface area contributed by atoms with Gasteiger partial charge in [0.1, 0.15) is 13.2 Å². The van der Waals surface area contributed by atoms with Gasteiger partial charge in [0, 0.05) is 19.3 Å². The number of esters is 3. The lowest BCUT2D eigenvalue weighted by Gasteiger charge is -2.18. The van der Waals surface area contributed by atoms with Gasteiger partial charge in [0.2, 0.25) is 0 Å². The number of carbonyl (C=O) groups is 3. The summed E-state index contributed by atoms with van der Waals surface area (Å²) in [7, 11) is 0. The Labute approximate surface area is 469 Å². The Kier molecular flexibility index (Phi) is 59.9. The topological polar surface area (TPSA) is 78.9 Å². The maximum Gasteiger partial charge on any atom is 0.306 e. The van der Waals surface area contributed by atoms with Crippen LogP contribution in [0.5, 0.6) is 0 Å². The van der Waals surface area contributed by atoms with Crippen LogP contribution in [0.2, 0.25) is 0 Å². The van der Waals surface area contributed by atoms with E-state index in [9.17, 15) is 14.4 Å². The number of hydrogen-bond donors (Lipinski definition) is 0. The third-order valence-corrected chi connectivity index (χ3v) is 13.2. The third kappa shape index (κ3) is 60.7. The van der Waals surface area contributed by atoms with Gasteiger partial charge in [0.25, 0.3) is 0 Å². The smallest absolute Gasteiger partial charge is 0.306 e. The molecule has 0 aromatic rings. The first-order chi connectivity index (χ1) is 37.5. The second-order valence-electron chi connectivity index (χ2n) is 20.5. The second kappa shape index (κ2) is 63.3. The minimum Gasteiger partial charge on any atom is -0.462 e. The Morgan fingerprint density at radius 3 is 0.816 bits per heavy atom. The van der Waals surface area contributed by atoms with Crippen LogP contribution < -0.4 is 0 Å². The van der Waals surface area contributed by atoms with Gasteiger partial charge in [-0.2, -0.15) is 0 Å². The van der Waals surface area contributed by atoms with Crippen LogP contribution in [-0.2, 0) is 28.6 Å². The highest BCUT2D eigenvalue weighted by molar-refractivity contribution is 5.71. The van der Waals surface area contributed by atoms with E-state index in [-0.39, 0.29) is 31.1 Å². The molecule has 0 N–H and O–H groups in total. The second-order valence-corrected chi connectivity index (χ2v) is 20.5. The molecule has 6 nitrogen and oxygen atoms in total. The van der Waals surface area contributed by atoms with Crippen LogP contribution in [0.1, 0.15) is 284 Å². The van der Waals surface area contributed by atoms with Crippen molar-refractivity contribution in [2.45, 2.75) is 290 Å². The van der Waals surface area contributed by atoms with Gasteiger partial charge in [-0.25, -0.2) is 0 Å². The zero-order chi connectivity index (χ0) is 55.0. The van der Waals surface area contributed by atoms with Crippen molar-refractivity contribution >= 4 is 17.9 Å². The molecule has 76 heavy (non-hydrogen) atoms. The highest BCUT2D eigenvalue weighted by Gasteiger charge is 2.19. The molecule has 1 atom stereocenters. The molecule has 0 aliphatic carbocycles. The van der Waals surface area contributed by atoms with Crippen molar-refractivity contribution in [3.63, 3.8) is 0 Å². The molecule has 0 spiro atoms. The lowest BCUT2D eigenvalue weighted by molar-refractivity contribution is -0.167. The minimum atomic E-state index is -0.796. The van der Waals surface area contributed by atoms with Gasteiger partial charge in [-0.3, -0.25) is 14.4 Å². The maximum absolute atomic E-state index is 12.9. The van der Waals surface area contributed by atoms with Crippen LogP contribution in [0.15, 0.2) is 122 Å². The Morgan fingerprint density at radius 1 is 0.276 bits per heavy atom. The first kappa shape index (κ1) is 71.8. The number of unbranched alkanes of at least 4 members (excludes halogenated alkanes) is 25. The van der Waals surface area contributed by atoms with Gasteiger partial charge in [0.05, 0.1) is 0 Å². The van der Waals surface area contributed by atoms with E-state index >= 15 is 0 Å². The van der Waals surface area contributed by atoms with Crippen molar-refractivity contribution in [2.75, 3.05) is 13.2 Å². The number of ether oxygens (including phenoxy) is 3. The summed E-state index contributed by atoms with van der Waals surface area (Å²) in [4.78, 5) is 38.2. The van der Waals surface area contributed by atoms with Crippen LogP contribution in [0.3, 0.4) is 0 Å². The molecule has 0 bridgehead atoms. The highest BCUT2D eigenvalue weighted by Crippen LogP contribution is 2.16. The first-order valence-corrected chi connectivity index (χ1v) is 31.5. The van der Waals surface area contributed by atoms with Crippen molar-refractivity contribution in [2.24, 2.45) is 0 Å². The van der Waals surface area contributed by atoms with Gasteiger partial charge < -0.3 is 14.2 Å². The molecule has 0 fully saturated rings. The zero-order valence-electron chi connectivity index (χ0n) is 49.5. The van der Waals surface area contributed by atoms with E-state index < -0.39 is 6.10 Å². The van der Waals surface area contributed by atoms with Gasteiger partial charge >= 0.3 is 17.9 Å². The Morgan fingerprint density at radius 2 is 0.513 bits per heavy atom. The molecular weight excluding hydrogens is 937 g/mol. The molecular formula is C70H116O6. The third-order valence-electron chi connectivity index (χ3n) is 13.2. The summed E-state index contributed by atoms with van der Waals surface area (Å²) in [5, 5.41) is 0. The molecule has 0 saturated carbocycles. The van der Waals surface area contributed by atoms with E-state index in [0.717, 1.165) is 148 Å². The van der Waals surface area contributed by atoms with Crippen molar-refractivity contribution in [1.29, 1.82) is 0 Å². The molecule has 0 aliphatic heterocycles. The van der Waals surface area contributed by atoms with Crippen molar-refractivity contribution in [1.82, 2.24) is 0 Å².